The largest absolute Gasteiger partial charge is 0.497 e. The fraction of sp³-hybridized carbons (Fsp3) is 0.0714. The molecule has 0 bridgehead atoms. The lowest BCUT2D eigenvalue weighted by Crippen LogP contribution is -2.16. The number of halogens is 3. The highest BCUT2D eigenvalue weighted by Gasteiger charge is 2.23. The molecule has 0 aromatic heterocycles. The van der Waals surface area contributed by atoms with Crippen LogP contribution in [0.1, 0.15) is 5.56 Å². The van der Waals surface area contributed by atoms with Crippen LogP contribution in [0.25, 0.3) is 0 Å². The van der Waals surface area contributed by atoms with Gasteiger partial charge in [0.15, 0.2) is 11.6 Å². The first kappa shape index (κ1) is 17.0. The molecule has 0 fully saturated rings. The maximum Gasteiger partial charge on any atom is 0.263 e. The summed E-state index contributed by atoms with van der Waals surface area (Å²) in [5.74, 6) is -2.57. The van der Waals surface area contributed by atoms with Crippen LogP contribution in [0.3, 0.4) is 0 Å². The molecule has 0 aliphatic heterocycles. The number of nitrogens with one attached hydrogen (secondary N) is 1. The molecule has 0 heterocycles. The number of sulfonamides is 1. The van der Waals surface area contributed by atoms with Gasteiger partial charge in [0.1, 0.15) is 22.4 Å². The summed E-state index contributed by atoms with van der Waals surface area (Å²) in [5, 5.41) is 8.77. The van der Waals surface area contributed by atoms with Gasteiger partial charge in [-0.2, -0.15) is 5.26 Å². The van der Waals surface area contributed by atoms with E-state index >= 15 is 0 Å². The van der Waals surface area contributed by atoms with Crippen molar-refractivity contribution in [2.45, 2.75) is 4.90 Å². The van der Waals surface area contributed by atoms with E-state index in [0.717, 1.165) is 18.2 Å². The Hall–Kier alpha value is -2.37. The Balaban J connectivity index is 2.56. The molecular weight excluding hydrogens is 350 g/mol. The zero-order valence-electron chi connectivity index (χ0n) is 11.6. The zero-order chi connectivity index (χ0) is 17.2. The summed E-state index contributed by atoms with van der Waals surface area (Å²) in [5.41, 5.74) is -1.15. The molecule has 9 heteroatoms. The van der Waals surface area contributed by atoms with E-state index in [9.17, 15) is 17.2 Å². The summed E-state index contributed by atoms with van der Waals surface area (Å²) in [6.07, 6.45) is 0. The Morgan fingerprint density at radius 1 is 1.26 bits per heavy atom. The van der Waals surface area contributed by atoms with Gasteiger partial charge in [0.05, 0.1) is 17.7 Å². The minimum atomic E-state index is -4.37. The Morgan fingerprint density at radius 2 is 1.96 bits per heavy atom. The second kappa shape index (κ2) is 6.40. The molecule has 5 nitrogen and oxygen atoms in total. The van der Waals surface area contributed by atoms with Crippen molar-refractivity contribution < 1.29 is 21.9 Å². The van der Waals surface area contributed by atoms with Crippen molar-refractivity contribution in [3.05, 3.63) is 52.6 Å². The van der Waals surface area contributed by atoms with E-state index in [4.69, 9.17) is 21.6 Å². The van der Waals surface area contributed by atoms with Crippen LogP contribution in [0, 0.1) is 23.0 Å². The third-order valence-corrected chi connectivity index (χ3v) is 4.71. The van der Waals surface area contributed by atoms with Gasteiger partial charge in [-0.05, 0) is 24.3 Å². The van der Waals surface area contributed by atoms with Crippen LogP contribution in [-0.2, 0) is 10.0 Å². The van der Waals surface area contributed by atoms with Crippen molar-refractivity contribution in [1.82, 2.24) is 0 Å². The van der Waals surface area contributed by atoms with Crippen LogP contribution >= 0.6 is 11.6 Å². The number of anilines is 1. The van der Waals surface area contributed by atoms with Crippen LogP contribution in [0.15, 0.2) is 35.2 Å². The van der Waals surface area contributed by atoms with Crippen LogP contribution < -0.4 is 9.46 Å². The number of methoxy groups -OCH3 is 1. The SMILES string of the molecule is COc1ccc(Cl)c(S(=O)(=O)Nc2c(C#N)ccc(F)c2F)c1. The molecule has 23 heavy (non-hydrogen) atoms. The first-order chi connectivity index (χ1) is 10.8. The van der Waals surface area contributed by atoms with Crippen LogP contribution in [0.2, 0.25) is 5.02 Å². The summed E-state index contributed by atoms with van der Waals surface area (Å²) >= 11 is 5.84. The summed E-state index contributed by atoms with van der Waals surface area (Å²) in [6.45, 7) is 0. The van der Waals surface area contributed by atoms with E-state index in [1.807, 2.05) is 4.72 Å². The van der Waals surface area contributed by atoms with Crippen molar-refractivity contribution in [2.75, 3.05) is 11.8 Å². The highest BCUT2D eigenvalue weighted by Crippen LogP contribution is 2.30. The molecule has 120 valence electrons. The monoisotopic (exact) mass is 358 g/mol. The van der Waals surface area contributed by atoms with Gasteiger partial charge in [0.2, 0.25) is 0 Å². The topological polar surface area (TPSA) is 79.2 Å². The fourth-order valence-electron chi connectivity index (χ4n) is 1.75. The Kier molecular flexibility index (Phi) is 4.73. The number of benzene rings is 2. The number of nitrogens with zero attached hydrogens (tertiary/aromatic N) is 1. The first-order valence-electron chi connectivity index (χ1n) is 6.04. The molecule has 0 unspecified atom stereocenters. The van der Waals surface area contributed by atoms with Gasteiger partial charge in [-0.3, -0.25) is 4.72 Å². The third-order valence-electron chi connectivity index (χ3n) is 2.88. The number of nitriles is 1. The van der Waals surface area contributed by atoms with Crippen molar-refractivity contribution >= 4 is 27.3 Å². The molecule has 1 N–H and O–H groups in total. The lowest BCUT2D eigenvalue weighted by molar-refractivity contribution is 0.413. The molecule has 0 saturated heterocycles. The molecule has 0 amide bonds. The Morgan fingerprint density at radius 3 is 2.57 bits per heavy atom. The molecule has 0 aliphatic rings. The molecule has 0 spiro atoms. The smallest absolute Gasteiger partial charge is 0.263 e. The second-order valence-electron chi connectivity index (χ2n) is 4.30. The van der Waals surface area contributed by atoms with Gasteiger partial charge >= 0.3 is 0 Å². The summed E-state index contributed by atoms with van der Waals surface area (Å²) in [7, 11) is -3.04. The van der Waals surface area contributed by atoms with E-state index in [0.29, 0.717) is 0 Å². The summed E-state index contributed by atoms with van der Waals surface area (Å²) in [4.78, 5) is -0.397. The summed E-state index contributed by atoms with van der Waals surface area (Å²) in [6, 6.07) is 7.11. The van der Waals surface area contributed by atoms with Gasteiger partial charge in [-0.1, -0.05) is 11.6 Å². The average Bonchev–Trinajstić information content (AvgIpc) is 2.52. The van der Waals surface area contributed by atoms with Crippen molar-refractivity contribution in [3.63, 3.8) is 0 Å². The number of ether oxygens (including phenoxy) is 1. The highest BCUT2D eigenvalue weighted by atomic mass is 35.5. The number of hydrogen-bond donors (Lipinski definition) is 1. The first-order valence-corrected chi connectivity index (χ1v) is 7.90. The third kappa shape index (κ3) is 3.36. The van der Waals surface area contributed by atoms with Crippen LogP contribution in [-0.4, -0.2) is 15.5 Å². The van der Waals surface area contributed by atoms with Gasteiger partial charge in [-0.25, -0.2) is 17.2 Å². The lowest BCUT2D eigenvalue weighted by atomic mass is 10.2. The molecule has 0 saturated carbocycles. The molecule has 0 aliphatic carbocycles. The summed E-state index contributed by atoms with van der Waals surface area (Å²) < 4.78 is 58.6. The highest BCUT2D eigenvalue weighted by molar-refractivity contribution is 7.92. The van der Waals surface area contributed by atoms with E-state index in [1.54, 1.807) is 6.07 Å². The lowest BCUT2D eigenvalue weighted by Gasteiger charge is -2.12. The molecule has 2 aromatic carbocycles. The van der Waals surface area contributed by atoms with Crippen molar-refractivity contribution in [3.8, 4) is 11.8 Å². The normalized spacial score (nSPS) is 10.9. The molecule has 0 atom stereocenters. The number of hydrogen-bond acceptors (Lipinski definition) is 4. The van der Waals surface area contributed by atoms with Gasteiger partial charge < -0.3 is 4.74 Å². The van der Waals surface area contributed by atoms with Gasteiger partial charge in [-0.15, -0.1) is 0 Å². The van der Waals surface area contributed by atoms with E-state index in [2.05, 4.69) is 0 Å². The molecule has 0 radical (unpaired) electrons. The van der Waals surface area contributed by atoms with Crippen molar-refractivity contribution in [2.24, 2.45) is 0 Å². The minimum Gasteiger partial charge on any atom is -0.497 e. The maximum absolute atomic E-state index is 13.8. The molecular formula is C14H9ClF2N2O3S. The van der Waals surface area contributed by atoms with Gasteiger partial charge in [0.25, 0.3) is 10.0 Å². The van der Waals surface area contributed by atoms with Gasteiger partial charge in [0, 0.05) is 6.07 Å². The molecule has 2 aromatic rings. The quantitative estimate of drug-likeness (QED) is 0.909. The predicted octanol–water partition coefficient (Wildman–Crippen LogP) is 3.30. The van der Waals surface area contributed by atoms with Crippen molar-refractivity contribution in [1.29, 1.82) is 5.26 Å². The van der Waals surface area contributed by atoms with Crippen LogP contribution in [0.4, 0.5) is 14.5 Å². The van der Waals surface area contributed by atoms with Crippen LogP contribution in [0.5, 0.6) is 5.75 Å². The number of rotatable bonds is 4. The second-order valence-corrected chi connectivity index (χ2v) is 6.36. The van der Waals surface area contributed by atoms with E-state index in [-0.39, 0.29) is 16.3 Å². The minimum absolute atomic E-state index is 0.145. The Labute approximate surface area is 136 Å². The molecule has 2 rings (SSSR count). The Bertz CT molecular complexity index is 911. The average molecular weight is 359 g/mol. The maximum atomic E-state index is 13.8. The fourth-order valence-corrected chi connectivity index (χ4v) is 3.35. The standard InChI is InChI=1S/C14H9ClF2N2O3S/c1-22-9-3-4-10(15)12(6-9)23(20,21)19-14-8(7-18)2-5-11(16)13(14)17/h2-6,19H,1H3. The predicted molar refractivity (Wildman–Crippen MR) is 79.9 cm³/mol. The van der Waals surface area contributed by atoms with E-state index in [1.165, 1.54) is 19.2 Å². The van der Waals surface area contributed by atoms with E-state index < -0.39 is 32.2 Å². The zero-order valence-corrected chi connectivity index (χ0v) is 13.2.